The molecule has 1 saturated heterocycles. The van der Waals surface area contributed by atoms with Gasteiger partial charge in [-0.05, 0) is 6.42 Å². The fourth-order valence-electron chi connectivity index (χ4n) is 1.81. The molecule has 1 aliphatic heterocycles. The third-order valence-electron chi connectivity index (χ3n) is 2.54. The van der Waals surface area contributed by atoms with Crippen molar-refractivity contribution in [2.45, 2.75) is 30.7 Å². The van der Waals surface area contributed by atoms with Crippen LogP contribution in [0.2, 0.25) is 0 Å². The Balaban J connectivity index is 2.58. The molecule has 2 N–H and O–H groups in total. The Bertz CT molecular complexity index is 258. The van der Waals surface area contributed by atoms with E-state index in [-0.39, 0.29) is 18.5 Å². The summed E-state index contributed by atoms with van der Waals surface area (Å²) in [5.74, 6) is 0.171. The summed E-state index contributed by atoms with van der Waals surface area (Å²) in [6, 6.07) is -0.260. The molecule has 6 nitrogen and oxygen atoms in total. The molecule has 0 aromatic rings. The van der Waals surface area contributed by atoms with Gasteiger partial charge in [0.05, 0.1) is 18.0 Å². The number of halogens is 1. The Morgan fingerprint density at radius 2 is 2.18 bits per heavy atom. The second kappa shape index (κ2) is 7.74. The Morgan fingerprint density at radius 3 is 2.71 bits per heavy atom. The zero-order valence-electron chi connectivity index (χ0n) is 9.54. The van der Waals surface area contributed by atoms with Gasteiger partial charge in [-0.3, -0.25) is 4.57 Å². The van der Waals surface area contributed by atoms with Crippen LogP contribution in [0.25, 0.3) is 0 Å². The van der Waals surface area contributed by atoms with E-state index in [1.54, 1.807) is 7.85 Å². The molecule has 0 amide bonds. The van der Waals surface area contributed by atoms with E-state index in [2.05, 4.69) is 0 Å². The lowest BCUT2D eigenvalue weighted by Gasteiger charge is -2.22. The SMILES string of the molecule is B[C@@H]1O[C@H](CCl)C(O[PH](=O)O)[C@@H]1OCCCO. The van der Waals surface area contributed by atoms with Crippen LogP contribution in [0, 0.1) is 0 Å². The fourth-order valence-corrected chi connectivity index (χ4v) is 2.57. The van der Waals surface area contributed by atoms with Crippen LogP contribution in [0.15, 0.2) is 0 Å². The Kier molecular flexibility index (Phi) is 7.03. The van der Waals surface area contributed by atoms with Gasteiger partial charge in [0.15, 0.2) is 0 Å². The van der Waals surface area contributed by atoms with Gasteiger partial charge in [0, 0.05) is 13.2 Å². The van der Waals surface area contributed by atoms with E-state index < -0.39 is 26.6 Å². The van der Waals surface area contributed by atoms with Gasteiger partial charge in [0.25, 0.3) is 0 Å². The van der Waals surface area contributed by atoms with Crippen molar-refractivity contribution >= 4 is 27.7 Å². The molecule has 100 valence electrons. The summed E-state index contributed by atoms with van der Waals surface area (Å²) in [6.45, 7) is 0.374. The molecule has 0 aromatic carbocycles. The molecule has 9 heteroatoms. The second-order valence-electron chi connectivity index (χ2n) is 3.79. The number of hydrogen-bond donors (Lipinski definition) is 2. The zero-order chi connectivity index (χ0) is 12.8. The maximum absolute atomic E-state index is 10.8. The predicted octanol–water partition coefficient (Wildman–Crippen LogP) is -0.882. The highest BCUT2D eigenvalue weighted by Crippen LogP contribution is 2.32. The van der Waals surface area contributed by atoms with Gasteiger partial charge in [0.2, 0.25) is 0 Å². The van der Waals surface area contributed by atoms with Crippen LogP contribution >= 0.6 is 19.9 Å². The summed E-state index contributed by atoms with van der Waals surface area (Å²) in [6.07, 6.45) is -1.04. The van der Waals surface area contributed by atoms with Crippen molar-refractivity contribution in [3.05, 3.63) is 0 Å². The Morgan fingerprint density at radius 1 is 1.47 bits per heavy atom. The molecule has 1 fully saturated rings. The average Bonchev–Trinajstić information content (AvgIpc) is 2.56. The third kappa shape index (κ3) is 4.52. The molecule has 2 unspecified atom stereocenters. The van der Waals surface area contributed by atoms with E-state index in [9.17, 15) is 4.57 Å². The summed E-state index contributed by atoms with van der Waals surface area (Å²) < 4.78 is 26.7. The van der Waals surface area contributed by atoms with Crippen LogP contribution in [-0.4, -0.2) is 61.3 Å². The number of rotatable bonds is 7. The summed E-state index contributed by atoms with van der Waals surface area (Å²) in [4.78, 5) is 8.83. The molecule has 0 radical (unpaired) electrons. The van der Waals surface area contributed by atoms with Crippen LogP contribution in [0.5, 0.6) is 0 Å². The molecular weight excluding hydrogens is 269 g/mol. The topological polar surface area (TPSA) is 85.2 Å². The first-order valence-electron chi connectivity index (χ1n) is 5.43. The molecule has 5 atom stereocenters. The van der Waals surface area contributed by atoms with Crippen LogP contribution in [0.4, 0.5) is 0 Å². The highest BCUT2D eigenvalue weighted by molar-refractivity contribution is 7.32. The number of aliphatic hydroxyl groups is 1. The van der Waals surface area contributed by atoms with Crippen LogP contribution in [0.1, 0.15) is 6.42 Å². The van der Waals surface area contributed by atoms with Crippen molar-refractivity contribution in [2.24, 2.45) is 0 Å². The minimum atomic E-state index is -3.06. The lowest BCUT2D eigenvalue weighted by Crippen LogP contribution is -2.37. The van der Waals surface area contributed by atoms with Crippen molar-refractivity contribution in [3.63, 3.8) is 0 Å². The molecule has 17 heavy (non-hydrogen) atoms. The number of aliphatic hydroxyl groups excluding tert-OH is 1. The summed E-state index contributed by atoms with van der Waals surface area (Å²) >= 11 is 5.71. The smallest absolute Gasteiger partial charge is 0.317 e. The molecule has 0 saturated carbocycles. The molecular formula is C8H17BClO6P. The summed E-state index contributed by atoms with van der Waals surface area (Å²) in [5, 5.41) is 8.67. The zero-order valence-corrected chi connectivity index (χ0v) is 11.3. The maximum atomic E-state index is 10.8. The van der Waals surface area contributed by atoms with Gasteiger partial charge in [0.1, 0.15) is 20.1 Å². The van der Waals surface area contributed by atoms with Gasteiger partial charge in [-0.15, -0.1) is 11.6 Å². The van der Waals surface area contributed by atoms with Crippen molar-refractivity contribution in [1.82, 2.24) is 0 Å². The van der Waals surface area contributed by atoms with Crippen LogP contribution < -0.4 is 0 Å². The number of hydrogen-bond acceptors (Lipinski definition) is 5. The van der Waals surface area contributed by atoms with Gasteiger partial charge >= 0.3 is 8.25 Å². The minimum Gasteiger partial charge on any atom is -0.396 e. The Hall–Kier alpha value is 0.385. The lowest BCUT2D eigenvalue weighted by molar-refractivity contribution is -0.0159. The standard InChI is InChI=1S/C8H17BClO6P/c9-8-7(14-3-1-2-11)6(16-17(12)13)5(4-10)15-8/h5-8,11,17H,1-4,9H2,(H,12,13)/t5-,6?,7+,8-/m1/s1. The van der Waals surface area contributed by atoms with E-state index in [0.29, 0.717) is 13.0 Å². The van der Waals surface area contributed by atoms with E-state index >= 15 is 0 Å². The normalized spacial score (nSPS) is 35.0. The molecule has 0 aliphatic carbocycles. The van der Waals surface area contributed by atoms with Gasteiger partial charge in [-0.2, -0.15) is 0 Å². The molecule has 1 heterocycles. The molecule has 1 aliphatic rings. The molecule has 0 spiro atoms. The lowest BCUT2D eigenvalue weighted by atomic mass is 9.93. The second-order valence-corrected chi connectivity index (χ2v) is 4.87. The van der Waals surface area contributed by atoms with Crippen molar-refractivity contribution in [3.8, 4) is 0 Å². The third-order valence-corrected chi connectivity index (χ3v) is 3.32. The monoisotopic (exact) mass is 286 g/mol. The Labute approximate surface area is 107 Å². The first-order valence-corrected chi connectivity index (χ1v) is 7.23. The van der Waals surface area contributed by atoms with Crippen molar-refractivity contribution in [2.75, 3.05) is 19.1 Å². The number of ether oxygens (including phenoxy) is 2. The van der Waals surface area contributed by atoms with Crippen molar-refractivity contribution < 1.29 is 28.6 Å². The summed E-state index contributed by atoms with van der Waals surface area (Å²) in [5.41, 5.74) is 0. The van der Waals surface area contributed by atoms with E-state index in [4.69, 9.17) is 35.6 Å². The molecule has 0 aromatic heterocycles. The highest BCUT2D eigenvalue weighted by Gasteiger charge is 2.44. The van der Waals surface area contributed by atoms with E-state index in [0.717, 1.165) is 0 Å². The fraction of sp³-hybridized carbons (Fsp3) is 1.00. The summed E-state index contributed by atoms with van der Waals surface area (Å²) in [7, 11) is -1.27. The van der Waals surface area contributed by atoms with Gasteiger partial charge < -0.3 is 24.0 Å². The minimum absolute atomic E-state index is 0.0308. The van der Waals surface area contributed by atoms with Gasteiger partial charge in [-0.25, -0.2) is 0 Å². The van der Waals surface area contributed by atoms with Crippen LogP contribution in [0.3, 0.4) is 0 Å². The quantitative estimate of drug-likeness (QED) is 0.274. The molecule has 1 rings (SSSR count). The highest BCUT2D eigenvalue weighted by atomic mass is 35.5. The first kappa shape index (κ1) is 15.4. The van der Waals surface area contributed by atoms with Crippen LogP contribution in [-0.2, 0) is 18.6 Å². The largest absolute Gasteiger partial charge is 0.396 e. The number of alkyl halides is 1. The van der Waals surface area contributed by atoms with Gasteiger partial charge in [-0.1, -0.05) is 0 Å². The maximum Gasteiger partial charge on any atom is 0.317 e. The van der Waals surface area contributed by atoms with E-state index in [1.165, 1.54) is 0 Å². The average molecular weight is 286 g/mol. The first-order chi connectivity index (χ1) is 8.10. The van der Waals surface area contributed by atoms with E-state index in [1.807, 2.05) is 0 Å². The molecule has 0 bridgehead atoms. The van der Waals surface area contributed by atoms with Crippen molar-refractivity contribution in [1.29, 1.82) is 0 Å². The predicted molar refractivity (Wildman–Crippen MR) is 65.5 cm³/mol.